The van der Waals surface area contributed by atoms with Gasteiger partial charge in [-0.1, -0.05) is 61.5 Å². The standard InChI is InChI=1S/C26H28S/c1-2-22-5-3-4-21-12-17-25(26(22)18-21)23-13-8-19(9-14-23)6-7-20-10-15-24(27)16-11-20/h8-18,22,27H,2-7H2,1H3. The molecule has 1 atom stereocenters. The van der Waals surface area contributed by atoms with Crippen LogP contribution in [0.25, 0.3) is 11.1 Å². The van der Waals surface area contributed by atoms with E-state index in [1.807, 2.05) is 0 Å². The van der Waals surface area contributed by atoms with E-state index in [2.05, 4.69) is 86.3 Å². The Kier molecular flexibility index (Phi) is 5.69. The first kappa shape index (κ1) is 18.4. The SMILES string of the molecule is CCC1CCCc2ccc(-c3ccc(CCc4ccc(S)cc4)cc3)c1c2. The highest BCUT2D eigenvalue weighted by atomic mass is 32.1. The van der Waals surface area contributed by atoms with Crippen molar-refractivity contribution in [2.45, 2.75) is 56.3 Å². The minimum atomic E-state index is 0.705. The minimum absolute atomic E-state index is 0.705. The summed E-state index contributed by atoms with van der Waals surface area (Å²) in [5.41, 5.74) is 8.64. The molecule has 0 saturated heterocycles. The normalized spacial score (nSPS) is 16.1. The highest BCUT2D eigenvalue weighted by Crippen LogP contribution is 2.37. The molecule has 1 unspecified atom stereocenters. The molecule has 0 N–H and O–H groups in total. The average molecular weight is 373 g/mol. The maximum absolute atomic E-state index is 4.36. The van der Waals surface area contributed by atoms with Crippen molar-refractivity contribution in [2.24, 2.45) is 0 Å². The Hall–Kier alpha value is -1.99. The third kappa shape index (κ3) is 4.30. The van der Waals surface area contributed by atoms with Gasteiger partial charge in [-0.05, 0) is 90.0 Å². The second-order valence-electron chi connectivity index (χ2n) is 7.78. The molecular weight excluding hydrogens is 344 g/mol. The van der Waals surface area contributed by atoms with E-state index in [1.54, 1.807) is 5.56 Å². The maximum Gasteiger partial charge on any atom is 0.00401 e. The Labute approximate surface area is 169 Å². The monoisotopic (exact) mass is 372 g/mol. The molecule has 4 rings (SSSR count). The molecule has 0 amide bonds. The lowest BCUT2D eigenvalue weighted by Crippen LogP contribution is -1.98. The van der Waals surface area contributed by atoms with E-state index in [0.29, 0.717) is 5.92 Å². The first-order valence-corrected chi connectivity index (χ1v) is 10.7. The molecule has 0 spiro atoms. The molecule has 138 valence electrons. The van der Waals surface area contributed by atoms with Gasteiger partial charge in [-0.15, -0.1) is 12.6 Å². The van der Waals surface area contributed by atoms with Gasteiger partial charge in [0, 0.05) is 4.90 Å². The number of thiol groups is 1. The summed E-state index contributed by atoms with van der Waals surface area (Å²) in [7, 11) is 0. The van der Waals surface area contributed by atoms with Gasteiger partial charge in [-0.3, -0.25) is 0 Å². The van der Waals surface area contributed by atoms with E-state index in [-0.39, 0.29) is 0 Å². The van der Waals surface area contributed by atoms with Crippen molar-refractivity contribution in [3.63, 3.8) is 0 Å². The molecule has 1 heteroatoms. The molecule has 0 aliphatic heterocycles. The quantitative estimate of drug-likeness (QED) is 0.448. The molecule has 0 radical (unpaired) electrons. The molecule has 1 aliphatic carbocycles. The van der Waals surface area contributed by atoms with Crippen molar-refractivity contribution in [1.29, 1.82) is 0 Å². The number of aryl methyl sites for hydroxylation is 3. The van der Waals surface area contributed by atoms with Crippen molar-refractivity contribution in [3.8, 4) is 11.1 Å². The molecular formula is C26H28S. The van der Waals surface area contributed by atoms with Crippen molar-refractivity contribution in [2.75, 3.05) is 0 Å². The van der Waals surface area contributed by atoms with Crippen LogP contribution in [0.1, 0.15) is 54.4 Å². The van der Waals surface area contributed by atoms with Crippen molar-refractivity contribution < 1.29 is 0 Å². The third-order valence-electron chi connectivity index (χ3n) is 5.97. The fraction of sp³-hybridized carbons (Fsp3) is 0.308. The molecule has 1 aliphatic rings. The third-order valence-corrected chi connectivity index (χ3v) is 6.27. The molecule has 0 fully saturated rings. The second-order valence-corrected chi connectivity index (χ2v) is 8.30. The van der Waals surface area contributed by atoms with Gasteiger partial charge < -0.3 is 0 Å². The van der Waals surface area contributed by atoms with Gasteiger partial charge in [0.15, 0.2) is 0 Å². The van der Waals surface area contributed by atoms with E-state index in [1.165, 1.54) is 53.5 Å². The van der Waals surface area contributed by atoms with Gasteiger partial charge in [0.25, 0.3) is 0 Å². The minimum Gasteiger partial charge on any atom is -0.143 e. The van der Waals surface area contributed by atoms with E-state index >= 15 is 0 Å². The lowest BCUT2D eigenvalue weighted by atomic mass is 9.87. The predicted octanol–water partition coefficient (Wildman–Crippen LogP) is 7.26. The van der Waals surface area contributed by atoms with Gasteiger partial charge in [0.1, 0.15) is 0 Å². The van der Waals surface area contributed by atoms with E-state index in [4.69, 9.17) is 0 Å². The van der Waals surface area contributed by atoms with Crippen LogP contribution in [0.15, 0.2) is 71.6 Å². The van der Waals surface area contributed by atoms with E-state index in [0.717, 1.165) is 17.7 Å². The van der Waals surface area contributed by atoms with Crippen LogP contribution >= 0.6 is 12.6 Å². The van der Waals surface area contributed by atoms with Crippen molar-refractivity contribution in [3.05, 3.63) is 89.0 Å². The Morgan fingerprint density at radius 1 is 0.852 bits per heavy atom. The van der Waals surface area contributed by atoms with Gasteiger partial charge in [-0.25, -0.2) is 0 Å². The van der Waals surface area contributed by atoms with Crippen LogP contribution in [0.5, 0.6) is 0 Å². The molecule has 3 aromatic rings. The number of rotatable bonds is 5. The van der Waals surface area contributed by atoms with E-state index < -0.39 is 0 Å². The Balaban J connectivity index is 1.52. The largest absolute Gasteiger partial charge is 0.143 e. The number of hydrogen-bond acceptors (Lipinski definition) is 1. The van der Waals surface area contributed by atoms with Gasteiger partial charge in [-0.2, -0.15) is 0 Å². The fourth-order valence-corrected chi connectivity index (χ4v) is 4.45. The summed E-state index contributed by atoms with van der Waals surface area (Å²) < 4.78 is 0. The van der Waals surface area contributed by atoms with Crippen LogP contribution in [-0.4, -0.2) is 0 Å². The average Bonchev–Trinajstić information content (AvgIpc) is 2.87. The van der Waals surface area contributed by atoms with Crippen LogP contribution in [0.2, 0.25) is 0 Å². The zero-order valence-corrected chi connectivity index (χ0v) is 17.0. The van der Waals surface area contributed by atoms with Crippen LogP contribution in [0.4, 0.5) is 0 Å². The van der Waals surface area contributed by atoms with Crippen molar-refractivity contribution in [1.82, 2.24) is 0 Å². The summed E-state index contributed by atoms with van der Waals surface area (Å²) in [6.45, 7) is 2.33. The molecule has 27 heavy (non-hydrogen) atoms. The summed E-state index contributed by atoms with van der Waals surface area (Å²) in [6.07, 6.45) is 7.26. The summed E-state index contributed by atoms with van der Waals surface area (Å²) in [6, 6.07) is 24.9. The van der Waals surface area contributed by atoms with Gasteiger partial charge in [0.2, 0.25) is 0 Å². The molecule has 0 heterocycles. The van der Waals surface area contributed by atoms with Gasteiger partial charge >= 0.3 is 0 Å². The van der Waals surface area contributed by atoms with Crippen LogP contribution in [0, 0.1) is 0 Å². The summed E-state index contributed by atoms with van der Waals surface area (Å²) in [4.78, 5) is 1.03. The second kappa shape index (κ2) is 8.35. The topological polar surface area (TPSA) is 0 Å². The molecule has 3 aromatic carbocycles. The lowest BCUT2D eigenvalue weighted by molar-refractivity contribution is 0.589. The summed E-state index contributed by atoms with van der Waals surface area (Å²) in [5, 5.41) is 0. The number of fused-ring (bicyclic) bond motifs is 2. The summed E-state index contributed by atoms with van der Waals surface area (Å²) in [5.74, 6) is 0.705. The lowest BCUT2D eigenvalue weighted by Gasteiger charge is -2.18. The Morgan fingerprint density at radius 2 is 1.52 bits per heavy atom. The number of hydrogen-bond donors (Lipinski definition) is 1. The smallest absolute Gasteiger partial charge is 0.00401 e. The first-order valence-electron chi connectivity index (χ1n) is 10.2. The fourth-order valence-electron chi connectivity index (χ4n) is 4.30. The van der Waals surface area contributed by atoms with Crippen LogP contribution in [0.3, 0.4) is 0 Å². The molecule has 0 saturated carbocycles. The zero-order chi connectivity index (χ0) is 18.6. The molecule has 0 aromatic heterocycles. The van der Waals surface area contributed by atoms with Crippen LogP contribution in [-0.2, 0) is 19.3 Å². The van der Waals surface area contributed by atoms with Crippen molar-refractivity contribution >= 4 is 12.6 Å². The highest BCUT2D eigenvalue weighted by molar-refractivity contribution is 7.80. The first-order chi connectivity index (χ1) is 13.2. The zero-order valence-electron chi connectivity index (χ0n) is 16.1. The maximum atomic E-state index is 4.36. The van der Waals surface area contributed by atoms with Gasteiger partial charge in [0.05, 0.1) is 0 Å². The van der Waals surface area contributed by atoms with Crippen LogP contribution < -0.4 is 0 Å². The Morgan fingerprint density at radius 3 is 2.19 bits per heavy atom. The predicted molar refractivity (Wildman–Crippen MR) is 119 cm³/mol. The summed E-state index contributed by atoms with van der Waals surface area (Å²) >= 11 is 4.36. The molecule has 0 nitrogen and oxygen atoms in total. The Bertz CT molecular complexity index is 890. The number of benzene rings is 3. The molecule has 2 bridgehead atoms. The highest BCUT2D eigenvalue weighted by Gasteiger charge is 2.18. The van der Waals surface area contributed by atoms with E-state index in [9.17, 15) is 0 Å².